The number of aromatic nitrogens is 1. The second kappa shape index (κ2) is 8.37. The van der Waals surface area contributed by atoms with Crippen molar-refractivity contribution >= 4 is 5.91 Å². The second-order valence-electron chi connectivity index (χ2n) is 7.28. The summed E-state index contributed by atoms with van der Waals surface area (Å²) in [6.07, 6.45) is -2.62. The van der Waals surface area contributed by atoms with E-state index in [9.17, 15) is 18.0 Å². The lowest BCUT2D eigenvalue weighted by Crippen LogP contribution is -2.44. The van der Waals surface area contributed by atoms with Crippen LogP contribution in [0, 0.1) is 0 Å². The number of benzene rings is 2. The number of methoxy groups -OCH3 is 1. The Bertz CT molecular complexity index is 1060. The van der Waals surface area contributed by atoms with Gasteiger partial charge in [-0.3, -0.25) is 4.79 Å². The highest BCUT2D eigenvalue weighted by Crippen LogP contribution is 2.32. The highest BCUT2D eigenvalue weighted by molar-refractivity contribution is 5.78. The molecule has 1 amide bonds. The Hall–Kier alpha value is -3.42. The van der Waals surface area contributed by atoms with Gasteiger partial charge < -0.3 is 18.9 Å². The van der Waals surface area contributed by atoms with Gasteiger partial charge in [-0.2, -0.15) is 13.2 Å². The number of alkyl halides is 3. The number of ether oxygens (including phenoxy) is 2. The molecule has 0 bridgehead atoms. The van der Waals surface area contributed by atoms with Crippen LogP contribution in [0.3, 0.4) is 0 Å². The van der Waals surface area contributed by atoms with Crippen LogP contribution in [0.4, 0.5) is 13.2 Å². The van der Waals surface area contributed by atoms with Crippen molar-refractivity contribution in [2.45, 2.75) is 25.3 Å². The predicted octanol–water partition coefficient (Wildman–Crippen LogP) is 4.68. The number of hydrogen-bond acceptors (Lipinski definition) is 3. The molecular formula is C23H21F3N2O3. The van der Waals surface area contributed by atoms with E-state index < -0.39 is 17.8 Å². The lowest BCUT2D eigenvalue weighted by Gasteiger charge is -2.36. The van der Waals surface area contributed by atoms with Gasteiger partial charge >= 0.3 is 6.18 Å². The van der Waals surface area contributed by atoms with E-state index in [1.165, 1.54) is 6.07 Å². The topological polar surface area (TPSA) is 43.7 Å². The zero-order valence-corrected chi connectivity index (χ0v) is 16.8. The Morgan fingerprint density at radius 2 is 1.77 bits per heavy atom. The van der Waals surface area contributed by atoms with Crippen LogP contribution < -0.4 is 9.47 Å². The quantitative estimate of drug-likeness (QED) is 0.571. The van der Waals surface area contributed by atoms with Crippen LogP contribution in [0.25, 0.3) is 0 Å². The summed E-state index contributed by atoms with van der Waals surface area (Å²) in [4.78, 5) is 14.4. The fourth-order valence-corrected chi connectivity index (χ4v) is 3.71. The van der Waals surface area contributed by atoms with Gasteiger partial charge in [0.15, 0.2) is 0 Å². The largest absolute Gasteiger partial charge is 0.497 e. The van der Waals surface area contributed by atoms with Gasteiger partial charge in [0, 0.05) is 18.4 Å². The average Bonchev–Trinajstić information content (AvgIpc) is 3.21. The molecule has 5 nitrogen and oxygen atoms in total. The summed E-state index contributed by atoms with van der Waals surface area (Å²) in [5.41, 5.74) is 0.557. The summed E-state index contributed by atoms with van der Waals surface area (Å²) in [6.45, 7) is 0.367. The van der Waals surface area contributed by atoms with Gasteiger partial charge in [0.1, 0.15) is 30.7 Å². The highest BCUT2D eigenvalue weighted by Gasteiger charge is 2.34. The van der Waals surface area contributed by atoms with Gasteiger partial charge in [-0.05, 0) is 54.1 Å². The van der Waals surface area contributed by atoms with Crippen molar-refractivity contribution in [3.63, 3.8) is 0 Å². The molecule has 8 heteroatoms. The molecule has 2 heterocycles. The first-order valence-electron chi connectivity index (χ1n) is 9.72. The normalized spacial score (nSPS) is 16.2. The highest BCUT2D eigenvalue weighted by atomic mass is 19.4. The van der Waals surface area contributed by atoms with Gasteiger partial charge in [0.05, 0.1) is 12.7 Å². The third kappa shape index (κ3) is 4.52. The van der Waals surface area contributed by atoms with Gasteiger partial charge in [0.25, 0.3) is 0 Å². The van der Waals surface area contributed by atoms with Crippen LogP contribution in [0.15, 0.2) is 66.9 Å². The monoisotopic (exact) mass is 430 g/mol. The van der Waals surface area contributed by atoms with Crippen molar-refractivity contribution in [1.82, 2.24) is 9.47 Å². The van der Waals surface area contributed by atoms with Gasteiger partial charge in [0.2, 0.25) is 5.91 Å². The van der Waals surface area contributed by atoms with E-state index >= 15 is 0 Å². The molecule has 0 radical (unpaired) electrons. The van der Waals surface area contributed by atoms with E-state index in [1.54, 1.807) is 42.3 Å². The van der Waals surface area contributed by atoms with Crippen molar-refractivity contribution < 1.29 is 27.4 Å². The van der Waals surface area contributed by atoms with Crippen LogP contribution in [0.5, 0.6) is 11.5 Å². The maximum absolute atomic E-state index is 13.1. The van der Waals surface area contributed by atoms with E-state index in [2.05, 4.69) is 0 Å². The molecule has 1 aromatic heterocycles. The number of nitrogens with zero attached hydrogens (tertiary/aromatic N) is 2. The van der Waals surface area contributed by atoms with Crippen LogP contribution >= 0.6 is 0 Å². The summed E-state index contributed by atoms with van der Waals surface area (Å²) in [5, 5.41) is 0. The average molecular weight is 430 g/mol. The molecule has 1 atom stereocenters. The van der Waals surface area contributed by atoms with Crippen molar-refractivity contribution in [2.24, 2.45) is 0 Å². The third-order valence-electron chi connectivity index (χ3n) is 5.28. The zero-order valence-electron chi connectivity index (χ0n) is 16.8. The smallest absolute Gasteiger partial charge is 0.416 e. The van der Waals surface area contributed by atoms with E-state index in [-0.39, 0.29) is 25.6 Å². The van der Waals surface area contributed by atoms with Crippen LogP contribution in [-0.4, -0.2) is 29.1 Å². The Labute approximate surface area is 177 Å². The summed E-state index contributed by atoms with van der Waals surface area (Å²) in [5.74, 6) is 1.13. The molecule has 1 aliphatic heterocycles. The number of hydrogen-bond donors (Lipinski definition) is 0. The summed E-state index contributed by atoms with van der Waals surface area (Å²) in [7, 11) is 1.57. The summed E-state index contributed by atoms with van der Waals surface area (Å²) < 4.78 is 52.2. The van der Waals surface area contributed by atoms with E-state index in [4.69, 9.17) is 9.47 Å². The SMILES string of the molecule is COc1ccc(OC[C@@H]2c3cccn3CC(=O)N2Cc2cccc(C(F)(F)F)c2)cc1. The number of rotatable bonds is 6. The molecule has 162 valence electrons. The molecule has 2 aromatic carbocycles. The van der Waals surface area contributed by atoms with Gasteiger partial charge in [-0.1, -0.05) is 12.1 Å². The number of fused-ring (bicyclic) bond motifs is 1. The van der Waals surface area contributed by atoms with E-state index in [0.717, 1.165) is 17.8 Å². The van der Waals surface area contributed by atoms with Gasteiger partial charge in [-0.15, -0.1) is 0 Å². The molecule has 0 unspecified atom stereocenters. The fourth-order valence-electron chi connectivity index (χ4n) is 3.71. The number of carbonyl (C=O) groups is 1. The van der Waals surface area contributed by atoms with E-state index in [0.29, 0.717) is 17.1 Å². The minimum atomic E-state index is -4.44. The molecule has 4 rings (SSSR count). The zero-order chi connectivity index (χ0) is 22.0. The number of amides is 1. The maximum atomic E-state index is 13.1. The Morgan fingerprint density at radius 1 is 1.03 bits per heavy atom. The lowest BCUT2D eigenvalue weighted by molar-refractivity contribution is -0.138. The van der Waals surface area contributed by atoms with Crippen molar-refractivity contribution in [1.29, 1.82) is 0 Å². The lowest BCUT2D eigenvalue weighted by atomic mass is 10.1. The molecule has 1 aliphatic rings. The molecular weight excluding hydrogens is 409 g/mol. The standard InChI is InChI=1S/C23H21F3N2O3/c1-30-18-7-9-19(10-8-18)31-15-21-20-6-3-11-27(20)14-22(29)28(21)13-16-4-2-5-17(12-16)23(24,25)26/h2-12,21H,13-15H2,1H3/t21-/m1/s1. The van der Waals surface area contributed by atoms with Gasteiger partial charge in [-0.25, -0.2) is 0 Å². The third-order valence-corrected chi connectivity index (χ3v) is 5.28. The summed E-state index contributed by atoms with van der Waals surface area (Å²) >= 11 is 0. The summed E-state index contributed by atoms with van der Waals surface area (Å²) in [6, 6.07) is 15.4. The molecule has 0 saturated heterocycles. The van der Waals surface area contributed by atoms with E-state index in [1.807, 2.05) is 22.9 Å². The first-order chi connectivity index (χ1) is 14.8. The second-order valence-corrected chi connectivity index (χ2v) is 7.28. The first kappa shape index (κ1) is 20.8. The van der Waals surface area contributed by atoms with Crippen LogP contribution in [0.1, 0.15) is 22.9 Å². The minimum Gasteiger partial charge on any atom is -0.497 e. The number of carbonyl (C=O) groups excluding carboxylic acids is 1. The first-order valence-corrected chi connectivity index (χ1v) is 9.72. The Kier molecular flexibility index (Phi) is 5.63. The van der Waals surface area contributed by atoms with Crippen molar-refractivity contribution in [3.8, 4) is 11.5 Å². The molecule has 0 saturated carbocycles. The molecule has 0 spiro atoms. The fraction of sp³-hybridized carbons (Fsp3) is 0.261. The van der Waals surface area contributed by atoms with Crippen molar-refractivity contribution in [3.05, 3.63) is 83.7 Å². The molecule has 31 heavy (non-hydrogen) atoms. The molecule has 3 aromatic rings. The van der Waals surface area contributed by atoms with Crippen molar-refractivity contribution in [2.75, 3.05) is 13.7 Å². The maximum Gasteiger partial charge on any atom is 0.416 e. The molecule has 0 N–H and O–H groups in total. The molecule has 0 aliphatic carbocycles. The number of halogens is 3. The predicted molar refractivity (Wildman–Crippen MR) is 108 cm³/mol. The van der Waals surface area contributed by atoms with Crippen LogP contribution in [0.2, 0.25) is 0 Å². The Balaban J connectivity index is 1.58. The molecule has 0 fully saturated rings. The van der Waals surface area contributed by atoms with Crippen LogP contribution in [-0.2, 0) is 24.1 Å². The Morgan fingerprint density at radius 3 is 2.48 bits per heavy atom. The minimum absolute atomic E-state index is 0.0601.